The van der Waals surface area contributed by atoms with Crippen LogP contribution in [-0.4, -0.2) is 61.5 Å². The fourth-order valence-corrected chi connectivity index (χ4v) is 1.81. The van der Waals surface area contributed by atoms with E-state index in [1.807, 2.05) is 11.8 Å². The zero-order valence-electron chi connectivity index (χ0n) is 9.22. The average Bonchev–Trinajstić information content (AvgIpc) is 2.61. The van der Waals surface area contributed by atoms with Crippen LogP contribution in [0.2, 0.25) is 0 Å². The van der Waals surface area contributed by atoms with E-state index in [2.05, 4.69) is 5.16 Å². The summed E-state index contributed by atoms with van der Waals surface area (Å²) in [6, 6.07) is 0. The Balaban J connectivity index is 2.45. The Morgan fingerprint density at radius 3 is 2.73 bits per heavy atom. The highest BCUT2D eigenvalue weighted by Gasteiger charge is 2.33. The number of amidine groups is 1. The molecule has 0 bridgehead atoms. The fraction of sp³-hybridized carbons (Fsp3) is 0.889. The van der Waals surface area contributed by atoms with Crippen molar-refractivity contribution < 1.29 is 14.7 Å². The highest BCUT2D eigenvalue weighted by atomic mass is 16.5. The molecule has 0 spiro atoms. The van der Waals surface area contributed by atoms with E-state index in [4.69, 9.17) is 20.4 Å². The molecule has 0 aromatic heterocycles. The van der Waals surface area contributed by atoms with Crippen molar-refractivity contribution in [3.05, 3.63) is 0 Å². The van der Waals surface area contributed by atoms with Crippen molar-refractivity contribution >= 4 is 5.84 Å². The maximum atomic E-state index is 8.46. The molecule has 1 aliphatic rings. The molecule has 3 N–H and O–H groups in total. The topological polar surface area (TPSA) is 80.3 Å². The number of hydrogen-bond donors (Lipinski definition) is 2. The molecule has 0 aromatic rings. The van der Waals surface area contributed by atoms with Gasteiger partial charge in [-0.2, -0.15) is 0 Å². The second-order valence-electron chi connectivity index (χ2n) is 3.55. The van der Waals surface area contributed by atoms with Crippen LogP contribution in [0, 0.1) is 0 Å². The molecule has 1 rings (SSSR count). The second-order valence-corrected chi connectivity index (χ2v) is 3.55. The van der Waals surface area contributed by atoms with E-state index in [1.165, 1.54) is 0 Å². The number of oxime groups is 1. The lowest BCUT2D eigenvalue weighted by Crippen LogP contribution is -2.33. The van der Waals surface area contributed by atoms with Gasteiger partial charge in [0.2, 0.25) is 0 Å². The highest BCUT2D eigenvalue weighted by Crippen LogP contribution is 2.15. The van der Waals surface area contributed by atoms with Gasteiger partial charge in [0, 0.05) is 26.8 Å². The molecular weight excluding hydrogens is 198 g/mol. The largest absolute Gasteiger partial charge is 0.409 e. The lowest BCUT2D eigenvalue weighted by molar-refractivity contribution is -0.0233. The third-order valence-corrected chi connectivity index (χ3v) is 2.49. The van der Waals surface area contributed by atoms with Crippen LogP contribution in [0.3, 0.4) is 0 Å². The van der Waals surface area contributed by atoms with E-state index in [0.717, 1.165) is 13.1 Å². The fourth-order valence-electron chi connectivity index (χ4n) is 1.81. The van der Waals surface area contributed by atoms with Gasteiger partial charge in [-0.1, -0.05) is 5.16 Å². The molecular formula is C9H19N3O3. The lowest BCUT2D eigenvalue weighted by atomic mass is 10.2. The summed E-state index contributed by atoms with van der Waals surface area (Å²) < 4.78 is 10.9. The van der Waals surface area contributed by atoms with Crippen LogP contribution >= 0.6 is 0 Å². The van der Waals surface area contributed by atoms with Gasteiger partial charge in [0.05, 0.1) is 18.8 Å². The smallest absolute Gasteiger partial charge is 0.153 e. The van der Waals surface area contributed by atoms with Gasteiger partial charge in [-0.3, -0.25) is 4.90 Å². The molecule has 1 heterocycles. The van der Waals surface area contributed by atoms with E-state index in [1.54, 1.807) is 7.11 Å². The minimum Gasteiger partial charge on any atom is -0.409 e. The van der Waals surface area contributed by atoms with Crippen molar-refractivity contribution in [2.45, 2.75) is 19.1 Å². The number of likely N-dealkylation sites (tertiary alicyclic amines) is 1. The summed E-state index contributed by atoms with van der Waals surface area (Å²) in [5.74, 6) is 0.210. The van der Waals surface area contributed by atoms with Crippen LogP contribution in [0.15, 0.2) is 5.16 Å². The van der Waals surface area contributed by atoms with Crippen molar-refractivity contribution in [1.82, 2.24) is 4.90 Å². The zero-order valence-corrected chi connectivity index (χ0v) is 9.22. The molecule has 1 aliphatic heterocycles. The summed E-state index contributed by atoms with van der Waals surface area (Å²) in [7, 11) is 1.67. The van der Waals surface area contributed by atoms with Gasteiger partial charge in [0.1, 0.15) is 0 Å². The van der Waals surface area contributed by atoms with Crippen molar-refractivity contribution in [3.63, 3.8) is 0 Å². The number of nitrogens with zero attached hydrogens (tertiary/aromatic N) is 2. The number of rotatable bonds is 5. The minimum absolute atomic E-state index is 0.0662. The van der Waals surface area contributed by atoms with E-state index >= 15 is 0 Å². The summed E-state index contributed by atoms with van der Waals surface area (Å²) in [5, 5.41) is 11.4. The van der Waals surface area contributed by atoms with Gasteiger partial charge in [-0.05, 0) is 6.92 Å². The molecule has 0 aromatic carbocycles. The van der Waals surface area contributed by atoms with Gasteiger partial charge < -0.3 is 20.4 Å². The molecule has 1 saturated heterocycles. The van der Waals surface area contributed by atoms with Gasteiger partial charge in [-0.25, -0.2) is 0 Å². The second kappa shape index (κ2) is 5.89. The first-order chi connectivity index (χ1) is 7.21. The maximum Gasteiger partial charge on any atom is 0.153 e. The van der Waals surface area contributed by atoms with Gasteiger partial charge in [0.15, 0.2) is 5.84 Å². The molecule has 15 heavy (non-hydrogen) atoms. The van der Waals surface area contributed by atoms with Gasteiger partial charge >= 0.3 is 0 Å². The molecule has 6 heteroatoms. The van der Waals surface area contributed by atoms with Crippen LogP contribution in [0.1, 0.15) is 6.92 Å². The predicted molar refractivity (Wildman–Crippen MR) is 56.1 cm³/mol. The van der Waals surface area contributed by atoms with Gasteiger partial charge in [-0.15, -0.1) is 0 Å². The van der Waals surface area contributed by atoms with E-state index in [9.17, 15) is 0 Å². The summed E-state index contributed by atoms with van der Waals surface area (Å²) in [6.07, 6.45) is 0.142. The quantitative estimate of drug-likeness (QED) is 0.280. The van der Waals surface area contributed by atoms with Crippen molar-refractivity contribution in [1.29, 1.82) is 0 Å². The Morgan fingerprint density at radius 1 is 1.53 bits per heavy atom. The standard InChI is InChI=1S/C9H19N3O3/c1-3-15-8-5-12(4-7(8)14-2)6-9(10)11-13/h7-8,13H,3-6H2,1-2H3,(H2,10,11)/t7-,8-/m1/s1. The summed E-state index contributed by atoms with van der Waals surface area (Å²) in [6.45, 7) is 4.57. The Hall–Kier alpha value is -0.850. The molecule has 0 aliphatic carbocycles. The van der Waals surface area contributed by atoms with Crippen molar-refractivity contribution in [2.24, 2.45) is 10.9 Å². The summed E-state index contributed by atoms with van der Waals surface area (Å²) >= 11 is 0. The monoisotopic (exact) mass is 217 g/mol. The number of methoxy groups -OCH3 is 1. The highest BCUT2D eigenvalue weighted by molar-refractivity contribution is 5.81. The van der Waals surface area contributed by atoms with Crippen molar-refractivity contribution in [3.8, 4) is 0 Å². The molecule has 0 amide bonds. The predicted octanol–water partition coefficient (Wildman–Crippen LogP) is -0.531. The van der Waals surface area contributed by atoms with Crippen molar-refractivity contribution in [2.75, 3.05) is 33.4 Å². The first-order valence-corrected chi connectivity index (χ1v) is 5.04. The molecule has 0 unspecified atom stereocenters. The number of nitrogens with two attached hydrogens (primary N) is 1. The number of hydrogen-bond acceptors (Lipinski definition) is 5. The van der Waals surface area contributed by atoms with E-state index in [-0.39, 0.29) is 18.0 Å². The van der Waals surface area contributed by atoms with E-state index in [0.29, 0.717) is 13.2 Å². The normalized spacial score (nSPS) is 28.5. The Bertz CT molecular complexity index is 223. The Kier molecular flexibility index (Phi) is 4.80. The van der Waals surface area contributed by atoms with Crippen LogP contribution in [0.4, 0.5) is 0 Å². The van der Waals surface area contributed by atoms with Crippen LogP contribution < -0.4 is 5.73 Å². The Morgan fingerprint density at radius 2 is 2.20 bits per heavy atom. The van der Waals surface area contributed by atoms with Crippen LogP contribution in [0.5, 0.6) is 0 Å². The molecule has 2 atom stereocenters. The maximum absolute atomic E-state index is 8.46. The molecule has 88 valence electrons. The number of ether oxygens (including phenoxy) is 2. The molecule has 6 nitrogen and oxygen atoms in total. The van der Waals surface area contributed by atoms with E-state index < -0.39 is 0 Å². The third-order valence-electron chi connectivity index (χ3n) is 2.49. The van der Waals surface area contributed by atoms with Gasteiger partial charge in [0.25, 0.3) is 0 Å². The zero-order chi connectivity index (χ0) is 11.3. The summed E-state index contributed by atoms with van der Waals surface area (Å²) in [5.41, 5.74) is 5.44. The molecule has 1 fully saturated rings. The Labute approximate surface area is 89.6 Å². The first kappa shape index (κ1) is 12.2. The SMILES string of the molecule is CCO[C@@H]1CN(CC(N)=NO)C[C@H]1OC. The summed E-state index contributed by atoms with van der Waals surface area (Å²) in [4.78, 5) is 2.05. The van der Waals surface area contributed by atoms with Crippen LogP contribution in [-0.2, 0) is 9.47 Å². The lowest BCUT2D eigenvalue weighted by Gasteiger charge is -2.16. The molecule has 0 saturated carbocycles. The third kappa shape index (κ3) is 3.33. The average molecular weight is 217 g/mol. The minimum atomic E-state index is 0.0662. The van der Waals surface area contributed by atoms with Crippen LogP contribution in [0.25, 0.3) is 0 Å². The first-order valence-electron chi connectivity index (χ1n) is 5.04. The molecule has 0 radical (unpaired) electrons.